The molecule has 18 heavy (non-hydrogen) atoms. The maximum atomic E-state index is 11.9. The molecule has 1 unspecified atom stereocenters. The van der Waals surface area contributed by atoms with Gasteiger partial charge in [0.2, 0.25) is 0 Å². The average Bonchev–Trinajstić information content (AvgIpc) is 2.91. The molecule has 1 saturated heterocycles. The number of rotatable bonds is 2. The van der Waals surface area contributed by atoms with Gasteiger partial charge in [0.15, 0.2) is 5.11 Å². The van der Waals surface area contributed by atoms with E-state index in [-0.39, 0.29) is 11.9 Å². The summed E-state index contributed by atoms with van der Waals surface area (Å²) in [4.78, 5) is 13.4. The monoisotopic (exact) mass is 260 g/mol. The fraction of sp³-hybridized carbons (Fsp3) is 0.231. The fourth-order valence-electron chi connectivity index (χ4n) is 2.14. The highest BCUT2D eigenvalue weighted by molar-refractivity contribution is 7.80. The van der Waals surface area contributed by atoms with Crippen LogP contribution in [0, 0.1) is 0 Å². The van der Waals surface area contributed by atoms with Crippen LogP contribution in [-0.2, 0) is 11.2 Å². The first-order valence-corrected chi connectivity index (χ1v) is 6.10. The summed E-state index contributed by atoms with van der Waals surface area (Å²) in [5.41, 5.74) is 1.90. The van der Waals surface area contributed by atoms with Crippen LogP contribution in [0.4, 0.5) is 0 Å². The lowest BCUT2D eigenvalue weighted by molar-refractivity contribution is -0.126. The molecule has 1 aromatic carbocycles. The predicted molar refractivity (Wildman–Crippen MR) is 72.2 cm³/mol. The number of furan rings is 1. The van der Waals surface area contributed by atoms with Gasteiger partial charge in [0, 0.05) is 18.9 Å². The van der Waals surface area contributed by atoms with Gasteiger partial charge >= 0.3 is 0 Å². The van der Waals surface area contributed by atoms with Crippen LogP contribution in [0.15, 0.2) is 34.9 Å². The van der Waals surface area contributed by atoms with E-state index in [0.29, 0.717) is 11.5 Å². The highest BCUT2D eigenvalue weighted by Crippen LogP contribution is 2.19. The Hall–Kier alpha value is -1.88. The number of hydrogen-bond acceptors (Lipinski definition) is 3. The molecule has 92 valence electrons. The number of amides is 1. The molecule has 0 radical (unpaired) electrons. The maximum absolute atomic E-state index is 11.9. The first-order valence-electron chi connectivity index (χ1n) is 5.69. The number of benzene rings is 1. The standard InChI is InChI=1S/C13H12N2O2S/c1-15-12(16)10(14-13(15)18)6-8-2-3-9-4-5-17-11(9)7-8/h2-5,7,10H,6H2,1H3,(H,14,18). The largest absolute Gasteiger partial charge is 0.464 e. The average molecular weight is 260 g/mol. The topological polar surface area (TPSA) is 45.5 Å². The second kappa shape index (κ2) is 4.10. The van der Waals surface area contributed by atoms with E-state index in [2.05, 4.69) is 5.32 Å². The quantitative estimate of drug-likeness (QED) is 0.835. The van der Waals surface area contributed by atoms with Crippen molar-refractivity contribution in [3.63, 3.8) is 0 Å². The SMILES string of the molecule is CN1C(=O)C(Cc2ccc3ccoc3c2)NC1=S. The van der Waals surface area contributed by atoms with Crippen molar-refractivity contribution in [3.05, 3.63) is 36.1 Å². The van der Waals surface area contributed by atoms with Gasteiger partial charge in [0.05, 0.1) is 6.26 Å². The van der Waals surface area contributed by atoms with E-state index in [0.717, 1.165) is 16.5 Å². The minimum absolute atomic E-state index is 0.0135. The molecule has 0 saturated carbocycles. The Morgan fingerprint density at radius 2 is 2.28 bits per heavy atom. The van der Waals surface area contributed by atoms with Crippen molar-refractivity contribution in [3.8, 4) is 0 Å². The van der Waals surface area contributed by atoms with Crippen molar-refractivity contribution < 1.29 is 9.21 Å². The Bertz CT molecular complexity index is 635. The van der Waals surface area contributed by atoms with Crippen LogP contribution in [0.1, 0.15) is 5.56 Å². The molecule has 2 heterocycles. The molecule has 0 spiro atoms. The Kier molecular flexibility index (Phi) is 2.56. The van der Waals surface area contributed by atoms with Crippen LogP contribution in [0.5, 0.6) is 0 Å². The normalized spacial score (nSPS) is 19.6. The summed E-state index contributed by atoms with van der Waals surface area (Å²) >= 11 is 5.05. The number of fused-ring (bicyclic) bond motifs is 1. The Balaban J connectivity index is 1.84. The van der Waals surface area contributed by atoms with Gasteiger partial charge in [0.25, 0.3) is 5.91 Å². The third kappa shape index (κ3) is 1.76. The molecule has 2 aromatic rings. The zero-order valence-electron chi connectivity index (χ0n) is 9.84. The van der Waals surface area contributed by atoms with Gasteiger partial charge < -0.3 is 9.73 Å². The van der Waals surface area contributed by atoms with Gasteiger partial charge in [-0.2, -0.15) is 0 Å². The second-order valence-electron chi connectivity index (χ2n) is 4.40. The van der Waals surface area contributed by atoms with Crippen molar-refractivity contribution in [1.82, 2.24) is 10.2 Å². The summed E-state index contributed by atoms with van der Waals surface area (Å²) in [7, 11) is 1.69. The Morgan fingerprint density at radius 1 is 1.44 bits per heavy atom. The summed E-state index contributed by atoms with van der Waals surface area (Å²) in [6.07, 6.45) is 2.27. The minimum atomic E-state index is -0.269. The molecule has 0 bridgehead atoms. The minimum Gasteiger partial charge on any atom is -0.464 e. The number of carbonyl (C=O) groups excluding carboxylic acids is 1. The van der Waals surface area contributed by atoms with E-state index in [1.54, 1.807) is 13.3 Å². The third-order valence-electron chi connectivity index (χ3n) is 3.19. The molecule has 1 amide bonds. The Morgan fingerprint density at radius 3 is 3.00 bits per heavy atom. The number of carbonyl (C=O) groups is 1. The van der Waals surface area contributed by atoms with Crippen molar-refractivity contribution in [2.45, 2.75) is 12.5 Å². The highest BCUT2D eigenvalue weighted by atomic mass is 32.1. The van der Waals surface area contributed by atoms with Gasteiger partial charge in [-0.05, 0) is 29.9 Å². The van der Waals surface area contributed by atoms with Gasteiger partial charge in [-0.1, -0.05) is 12.1 Å². The van der Waals surface area contributed by atoms with E-state index in [4.69, 9.17) is 16.6 Å². The molecule has 1 aliphatic heterocycles. The predicted octanol–water partition coefficient (Wildman–Crippen LogP) is 1.69. The van der Waals surface area contributed by atoms with Crippen LogP contribution in [0.2, 0.25) is 0 Å². The molecule has 3 rings (SSSR count). The van der Waals surface area contributed by atoms with E-state index in [1.807, 2.05) is 24.3 Å². The van der Waals surface area contributed by atoms with Gasteiger partial charge in [-0.3, -0.25) is 9.69 Å². The van der Waals surface area contributed by atoms with E-state index in [1.165, 1.54) is 4.90 Å². The third-order valence-corrected chi connectivity index (χ3v) is 3.58. The summed E-state index contributed by atoms with van der Waals surface area (Å²) in [6, 6.07) is 7.62. The van der Waals surface area contributed by atoms with Gasteiger partial charge in [-0.25, -0.2) is 0 Å². The summed E-state index contributed by atoms with van der Waals surface area (Å²) in [6.45, 7) is 0. The number of likely N-dealkylation sites (N-methyl/N-ethyl adjacent to an activating group) is 1. The van der Waals surface area contributed by atoms with Crippen LogP contribution >= 0.6 is 12.2 Å². The smallest absolute Gasteiger partial charge is 0.251 e. The van der Waals surface area contributed by atoms with Gasteiger partial charge in [-0.15, -0.1) is 0 Å². The number of nitrogens with one attached hydrogen (secondary N) is 1. The molecule has 1 aromatic heterocycles. The first-order chi connectivity index (χ1) is 8.65. The van der Waals surface area contributed by atoms with Crippen LogP contribution in [-0.4, -0.2) is 29.0 Å². The van der Waals surface area contributed by atoms with E-state index >= 15 is 0 Å². The van der Waals surface area contributed by atoms with E-state index in [9.17, 15) is 4.79 Å². The molecule has 1 fully saturated rings. The lowest BCUT2D eigenvalue weighted by atomic mass is 10.0. The molecule has 0 aliphatic carbocycles. The van der Waals surface area contributed by atoms with Gasteiger partial charge in [0.1, 0.15) is 11.6 Å². The molecule has 4 nitrogen and oxygen atoms in total. The number of nitrogens with zero attached hydrogens (tertiary/aromatic N) is 1. The zero-order chi connectivity index (χ0) is 12.7. The van der Waals surface area contributed by atoms with Crippen LogP contribution < -0.4 is 5.32 Å². The van der Waals surface area contributed by atoms with E-state index < -0.39 is 0 Å². The van der Waals surface area contributed by atoms with Crippen LogP contribution in [0.25, 0.3) is 11.0 Å². The molecule has 1 aliphatic rings. The number of hydrogen-bond donors (Lipinski definition) is 1. The summed E-state index contributed by atoms with van der Waals surface area (Å²) < 4.78 is 5.35. The zero-order valence-corrected chi connectivity index (χ0v) is 10.7. The fourth-order valence-corrected chi connectivity index (χ4v) is 2.37. The molecular weight excluding hydrogens is 248 g/mol. The lowest BCUT2D eigenvalue weighted by Gasteiger charge is -2.08. The van der Waals surface area contributed by atoms with Crippen LogP contribution in [0.3, 0.4) is 0 Å². The first kappa shape index (κ1) is 11.2. The highest BCUT2D eigenvalue weighted by Gasteiger charge is 2.32. The number of thiocarbonyl (C=S) groups is 1. The maximum Gasteiger partial charge on any atom is 0.251 e. The molecule has 1 atom stereocenters. The molecule has 1 N–H and O–H groups in total. The lowest BCUT2D eigenvalue weighted by Crippen LogP contribution is -2.31. The van der Waals surface area contributed by atoms with Crippen molar-refractivity contribution in [1.29, 1.82) is 0 Å². The second-order valence-corrected chi connectivity index (χ2v) is 4.78. The summed E-state index contributed by atoms with van der Waals surface area (Å²) in [5, 5.41) is 4.58. The van der Waals surface area contributed by atoms with Crippen molar-refractivity contribution >= 4 is 34.2 Å². The molecule has 5 heteroatoms. The van der Waals surface area contributed by atoms with Crippen molar-refractivity contribution in [2.24, 2.45) is 0 Å². The Labute approximate surface area is 110 Å². The van der Waals surface area contributed by atoms with Crippen molar-refractivity contribution in [2.75, 3.05) is 7.05 Å². The summed E-state index contributed by atoms with van der Waals surface area (Å²) in [5.74, 6) is 0.0135. The molecular formula is C13H12N2O2S.